The molecule has 0 heterocycles. The first kappa shape index (κ1) is 12.8. The minimum absolute atomic E-state index is 0.0717. The Balaban J connectivity index is 2.90. The van der Waals surface area contributed by atoms with Gasteiger partial charge in [0.2, 0.25) is 11.4 Å². The molecule has 0 radical (unpaired) electrons. The zero-order valence-electron chi connectivity index (χ0n) is 10.3. The number of carbonyl (C=O) groups is 1. The summed E-state index contributed by atoms with van der Waals surface area (Å²) < 4.78 is 5.42. The van der Waals surface area contributed by atoms with Gasteiger partial charge in [-0.3, -0.25) is 4.79 Å². The minimum atomic E-state index is -1.69. The third-order valence-corrected chi connectivity index (χ3v) is 2.34. The van der Waals surface area contributed by atoms with E-state index < -0.39 is 5.60 Å². The molecular weight excluding hydrogens is 204 g/mol. The molecule has 3 nitrogen and oxygen atoms in total. The highest BCUT2D eigenvalue weighted by Crippen LogP contribution is 2.36. The number of hydrogen-bond acceptors (Lipinski definition) is 3. The fourth-order valence-corrected chi connectivity index (χ4v) is 1.52. The average Bonchev–Trinajstić information content (AvgIpc) is 2.24. The number of aliphatic hydroxyl groups is 1. The molecule has 1 N–H and O–H groups in total. The summed E-state index contributed by atoms with van der Waals surface area (Å²) in [6, 6.07) is 0. The quantitative estimate of drug-likeness (QED) is 0.741. The normalized spacial score (nSPS) is 24.0. The molecule has 16 heavy (non-hydrogen) atoms. The summed E-state index contributed by atoms with van der Waals surface area (Å²) in [4.78, 5) is 11.6. The molecular formula is C13H18O3. The van der Waals surface area contributed by atoms with Gasteiger partial charge in [0.1, 0.15) is 0 Å². The number of hydrogen-bond donors (Lipinski definition) is 1. The molecule has 3 heteroatoms. The Morgan fingerprint density at radius 1 is 1.50 bits per heavy atom. The van der Waals surface area contributed by atoms with Crippen molar-refractivity contribution < 1.29 is 14.6 Å². The van der Waals surface area contributed by atoms with E-state index in [0.29, 0.717) is 17.8 Å². The van der Waals surface area contributed by atoms with E-state index in [1.807, 2.05) is 20.8 Å². The van der Waals surface area contributed by atoms with E-state index in [4.69, 9.17) is 4.74 Å². The van der Waals surface area contributed by atoms with Crippen molar-refractivity contribution in [2.75, 3.05) is 0 Å². The molecule has 0 saturated heterocycles. The first-order chi connectivity index (χ1) is 7.43. The maximum absolute atomic E-state index is 11.6. The molecule has 1 unspecified atom stereocenters. The van der Waals surface area contributed by atoms with E-state index in [0.717, 1.165) is 6.42 Å². The molecule has 1 aliphatic rings. The van der Waals surface area contributed by atoms with Crippen molar-refractivity contribution in [3.05, 3.63) is 11.3 Å². The Morgan fingerprint density at radius 2 is 2.12 bits per heavy atom. The van der Waals surface area contributed by atoms with E-state index in [9.17, 15) is 9.90 Å². The maximum Gasteiger partial charge on any atom is 0.247 e. The second-order valence-electron chi connectivity index (χ2n) is 4.21. The topological polar surface area (TPSA) is 46.5 Å². The SMILES string of the molecule is CCCC#CC1(O)C(=O)C(C)=C1OC(C)C. The number of carbonyl (C=O) groups excluding carboxylic acids is 1. The van der Waals surface area contributed by atoms with Crippen LogP contribution in [0, 0.1) is 11.8 Å². The van der Waals surface area contributed by atoms with Gasteiger partial charge < -0.3 is 9.84 Å². The summed E-state index contributed by atoms with van der Waals surface area (Å²) in [5.74, 6) is 5.38. The summed E-state index contributed by atoms with van der Waals surface area (Å²) in [5, 5.41) is 10.1. The third kappa shape index (κ3) is 2.12. The summed E-state index contributed by atoms with van der Waals surface area (Å²) in [7, 11) is 0. The van der Waals surface area contributed by atoms with E-state index in [1.54, 1.807) is 6.92 Å². The Morgan fingerprint density at radius 3 is 2.62 bits per heavy atom. The average molecular weight is 222 g/mol. The van der Waals surface area contributed by atoms with E-state index in [1.165, 1.54) is 0 Å². The molecule has 1 aliphatic carbocycles. The Labute approximate surface area is 96.5 Å². The number of rotatable bonds is 3. The van der Waals surface area contributed by atoms with Crippen LogP contribution < -0.4 is 0 Å². The lowest BCUT2D eigenvalue weighted by Crippen LogP contribution is -2.50. The fourth-order valence-electron chi connectivity index (χ4n) is 1.52. The van der Waals surface area contributed by atoms with Crippen LogP contribution in [0.25, 0.3) is 0 Å². The van der Waals surface area contributed by atoms with Crippen LogP contribution in [0.15, 0.2) is 11.3 Å². The lowest BCUT2D eigenvalue weighted by molar-refractivity contribution is -0.134. The predicted octanol–water partition coefficient (Wildman–Crippen LogP) is 1.80. The van der Waals surface area contributed by atoms with Crippen LogP contribution in [0.5, 0.6) is 0 Å². The molecule has 0 spiro atoms. The second-order valence-corrected chi connectivity index (χ2v) is 4.21. The van der Waals surface area contributed by atoms with E-state index >= 15 is 0 Å². The van der Waals surface area contributed by atoms with Gasteiger partial charge in [-0.2, -0.15) is 0 Å². The monoisotopic (exact) mass is 222 g/mol. The molecule has 1 atom stereocenters. The van der Waals surface area contributed by atoms with Crippen molar-refractivity contribution >= 4 is 5.78 Å². The Hall–Kier alpha value is -1.27. The van der Waals surface area contributed by atoms with Crippen molar-refractivity contribution in [3.63, 3.8) is 0 Å². The van der Waals surface area contributed by atoms with Crippen LogP contribution in [0.1, 0.15) is 40.5 Å². The maximum atomic E-state index is 11.6. The molecule has 0 bridgehead atoms. The van der Waals surface area contributed by atoms with Gasteiger partial charge in [-0.05, 0) is 27.2 Å². The summed E-state index contributed by atoms with van der Waals surface area (Å²) in [6.07, 6.45) is 1.50. The summed E-state index contributed by atoms with van der Waals surface area (Å²) >= 11 is 0. The first-order valence-electron chi connectivity index (χ1n) is 5.58. The van der Waals surface area contributed by atoms with Crippen molar-refractivity contribution in [1.82, 2.24) is 0 Å². The van der Waals surface area contributed by atoms with Crippen molar-refractivity contribution in [2.24, 2.45) is 0 Å². The van der Waals surface area contributed by atoms with E-state index in [2.05, 4.69) is 11.8 Å². The van der Waals surface area contributed by atoms with Gasteiger partial charge >= 0.3 is 0 Å². The van der Waals surface area contributed by atoms with E-state index in [-0.39, 0.29) is 11.9 Å². The van der Waals surface area contributed by atoms with Gasteiger partial charge in [0.15, 0.2) is 5.76 Å². The molecule has 0 aromatic carbocycles. The molecule has 0 amide bonds. The van der Waals surface area contributed by atoms with Gasteiger partial charge in [0.05, 0.1) is 6.10 Å². The Bertz CT molecular complexity index is 382. The number of ether oxygens (including phenoxy) is 1. The van der Waals surface area contributed by atoms with Crippen molar-refractivity contribution in [3.8, 4) is 11.8 Å². The predicted molar refractivity (Wildman–Crippen MR) is 61.6 cm³/mol. The fraction of sp³-hybridized carbons (Fsp3) is 0.615. The van der Waals surface area contributed by atoms with Gasteiger partial charge in [-0.15, -0.1) is 0 Å². The second kappa shape index (κ2) is 4.71. The zero-order valence-corrected chi connectivity index (χ0v) is 10.3. The summed E-state index contributed by atoms with van der Waals surface area (Å²) in [6.45, 7) is 7.34. The van der Waals surface area contributed by atoms with Crippen LogP contribution in [0.2, 0.25) is 0 Å². The summed E-state index contributed by atoms with van der Waals surface area (Å²) in [5.41, 5.74) is -1.22. The van der Waals surface area contributed by atoms with Crippen LogP contribution in [0.3, 0.4) is 0 Å². The highest BCUT2D eigenvalue weighted by molar-refractivity contribution is 6.13. The molecule has 1 rings (SSSR count). The van der Waals surface area contributed by atoms with Gasteiger partial charge in [0.25, 0.3) is 0 Å². The van der Waals surface area contributed by atoms with Gasteiger partial charge in [-0.1, -0.05) is 18.8 Å². The first-order valence-corrected chi connectivity index (χ1v) is 5.58. The van der Waals surface area contributed by atoms with Crippen molar-refractivity contribution in [1.29, 1.82) is 0 Å². The minimum Gasteiger partial charge on any atom is -0.490 e. The highest BCUT2D eigenvalue weighted by atomic mass is 16.5. The zero-order chi connectivity index (χ0) is 12.3. The highest BCUT2D eigenvalue weighted by Gasteiger charge is 2.52. The largest absolute Gasteiger partial charge is 0.490 e. The van der Waals surface area contributed by atoms with Crippen LogP contribution in [-0.4, -0.2) is 22.6 Å². The molecule has 0 aromatic heterocycles. The lowest BCUT2D eigenvalue weighted by Gasteiger charge is -2.35. The standard InChI is InChI=1S/C13H18O3/c1-5-6-7-8-13(15)11(14)10(4)12(13)16-9(2)3/h9,15H,5-6H2,1-4H3. The smallest absolute Gasteiger partial charge is 0.247 e. The number of unbranched alkanes of at least 4 members (excludes halogenated alkanes) is 1. The molecule has 0 fully saturated rings. The third-order valence-electron chi connectivity index (χ3n) is 2.34. The molecule has 88 valence electrons. The van der Waals surface area contributed by atoms with Crippen LogP contribution in [-0.2, 0) is 9.53 Å². The van der Waals surface area contributed by atoms with Gasteiger partial charge in [-0.25, -0.2) is 0 Å². The Kier molecular flexibility index (Phi) is 3.77. The van der Waals surface area contributed by atoms with Gasteiger partial charge in [0, 0.05) is 12.0 Å². The van der Waals surface area contributed by atoms with Crippen molar-refractivity contribution in [2.45, 2.75) is 52.2 Å². The molecule has 0 saturated carbocycles. The lowest BCUT2D eigenvalue weighted by atomic mass is 9.79. The molecule has 0 aromatic rings. The van der Waals surface area contributed by atoms with Crippen LogP contribution >= 0.6 is 0 Å². The molecule has 0 aliphatic heterocycles. The van der Waals surface area contributed by atoms with Crippen LogP contribution in [0.4, 0.5) is 0 Å². The number of ketones is 1. The number of Topliss-reactive ketones (excluding diaryl/α,β-unsaturated/α-hetero) is 1.